The molecular formula is C23H26O. The Bertz CT molecular complexity index is 682. The fourth-order valence-corrected chi connectivity index (χ4v) is 2.29. The van der Waals surface area contributed by atoms with E-state index < -0.39 is 0 Å². The van der Waals surface area contributed by atoms with Gasteiger partial charge in [-0.2, -0.15) is 0 Å². The van der Waals surface area contributed by atoms with E-state index >= 15 is 0 Å². The van der Waals surface area contributed by atoms with Crippen molar-refractivity contribution in [2.45, 2.75) is 39.5 Å². The Labute approximate surface area is 146 Å². The molecule has 0 aromatic heterocycles. The van der Waals surface area contributed by atoms with Gasteiger partial charge in [-0.3, -0.25) is 0 Å². The highest BCUT2D eigenvalue weighted by Gasteiger charge is 1.94. The molecule has 0 aliphatic carbocycles. The van der Waals surface area contributed by atoms with Gasteiger partial charge in [-0.25, -0.2) is 0 Å². The van der Waals surface area contributed by atoms with Gasteiger partial charge in [0.05, 0.1) is 6.61 Å². The van der Waals surface area contributed by atoms with Crippen LogP contribution in [-0.4, -0.2) is 6.61 Å². The molecule has 2 aromatic rings. The largest absolute Gasteiger partial charge is 0.494 e. The Morgan fingerprint density at radius 2 is 1.46 bits per heavy atom. The number of ether oxygens (including phenoxy) is 1. The Morgan fingerprint density at radius 3 is 2.04 bits per heavy atom. The minimum atomic E-state index is 0.756. The maximum absolute atomic E-state index is 5.58. The van der Waals surface area contributed by atoms with Gasteiger partial charge < -0.3 is 4.74 Å². The maximum atomic E-state index is 5.58. The summed E-state index contributed by atoms with van der Waals surface area (Å²) in [5, 5.41) is 0. The van der Waals surface area contributed by atoms with Crippen molar-refractivity contribution in [2.24, 2.45) is 0 Å². The predicted octanol–water partition coefficient (Wildman–Crippen LogP) is 5.77. The molecule has 0 bridgehead atoms. The Hall–Kier alpha value is -2.46. The molecule has 0 aliphatic rings. The van der Waals surface area contributed by atoms with E-state index in [4.69, 9.17) is 4.74 Å². The number of hydrogen-bond donors (Lipinski definition) is 0. The van der Waals surface area contributed by atoms with Gasteiger partial charge in [0.25, 0.3) is 0 Å². The first-order valence-corrected chi connectivity index (χ1v) is 8.80. The van der Waals surface area contributed by atoms with Gasteiger partial charge in [-0.05, 0) is 67.6 Å². The minimum Gasteiger partial charge on any atom is -0.494 e. The molecule has 2 aromatic carbocycles. The zero-order chi connectivity index (χ0) is 17.0. The van der Waals surface area contributed by atoms with Crippen molar-refractivity contribution in [1.82, 2.24) is 0 Å². The summed E-state index contributed by atoms with van der Waals surface area (Å²) < 4.78 is 5.58. The molecule has 0 aliphatic heterocycles. The number of allylic oxidation sites excluding steroid dienone is 2. The van der Waals surface area contributed by atoms with E-state index in [9.17, 15) is 0 Å². The van der Waals surface area contributed by atoms with Crippen molar-refractivity contribution in [1.29, 1.82) is 0 Å². The van der Waals surface area contributed by atoms with Gasteiger partial charge in [0.1, 0.15) is 5.75 Å². The summed E-state index contributed by atoms with van der Waals surface area (Å²) in [6, 6.07) is 16.5. The second kappa shape index (κ2) is 10.3. The zero-order valence-electron chi connectivity index (χ0n) is 14.7. The molecule has 0 heterocycles. The van der Waals surface area contributed by atoms with Crippen LogP contribution < -0.4 is 4.74 Å². The van der Waals surface area contributed by atoms with Crippen molar-refractivity contribution >= 4 is 0 Å². The van der Waals surface area contributed by atoms with Crippen LogP contribution in [0.5, 0.6) is 5.75 Å². The Morgan fingerprint density at radius 1 is 0.833 bits per heavy atom. The van der Waals surface area contributed by atoms with E-state index in [0.717, 1.165) is 49.2 Å². The molecule has 2 rings (SSSR count). The number of rotatable bonds is 7. The van der Waals surface area contributed by atoms with E-state index in [0.29, 0.717) is 0 Å². The first-order valence-electron chi connectivity index (χ1n) is 8.80. The quantitative estimate of drug-likeness (QED) is 0.465. The van der Waals surface area contributed by atoms with Crippen LogP contribution in [0.1, 0.15) is 49.8 Å². The van der Waals surface area contributed by atoms with E-state index in [1.54, 1.807) is 0 Å². The molecule has 0 fully saturated rings. The van der Waals surface area contributed by atoms with Crippen LogP contribution in [0.25, 0.3) is 0 Å². The smallest absolute Gasteiger partial charge is 0.119 e. The van der Waals surface area contributed by atoms with E-state index in [-0.39, 0.29) is 0 Å². The third-order valence-corrected chi connectivity index (χ3v) is 3.63. The lowest BCUT2D eigenvalue weighted by Crippen LogP contribution is -1.94. The van der Waals surface area contributed by atoms with Gasteiger partial charge in [0.2, 0.25) is 0 Å². The summed E-state index contributed by atoms with van der Waals surface area (Å²) in [4.78, 5) is 0. The van der Waals surface area contributed by atoms with Crippen LogP contribution in [0.3, 0.4) is 0 Å². The third-order valence-electron chi connectivity index (χ3n) is 3.63. The molecule has 0 unspecified atom stereocenters. The molecular weight excluding hydrogens is 292 g/mol. The van der Waals surface area contributed by atoms with Crippen LogP contribution in [0.4, 0.5) is 0 Å². The molecule has 1 heteroatoms. The van der Waals surface area contributed by atoms with Gasteiger partial charge in [0, 0.05) is 11.1 Å². The fourth-order valence-electron chi connectivity index (χ4n) is 2.29. The average molecular weight is 318 g/mol. The minimum absolute atomic E-state index is 0.756. The van der Waals surface area contributed by atoms with Crippen molar-refractivity contribution in [3.05, 3.63) is 77.4 Å². The summed E-state index contributed by atoms with van der Waals surface area (Å²) in [7, 11) is 0. The van der Waals surface area contributed by atoms with Gasteiger partial charge in [-0.1, -0.05) is 50.0 Å². The summed E-state index contributed by atoms with van der Waals surface area (Å²) >= 11 is 0. The molecule has 0 spiro atoms. The lowest BCUT2D eigenvalue weighted by molar-refractivity contribution is 0.317. The van der Waals surface area contributed by atoms with Crippen molar-refractivity contribution in [3.8, 4) is 17.6 Å². The first kappa shape index (κ1) is 17.9. The second-order valence-corrected chi connectivity index (χ2v) is 5.74. The van der Waals surface area contributed by atoms with Crippen LogP contribution in [0.15, 0.2) is 60.7 Å². The normalized spacial score (nSPS) is 10.4. The first-order chi connectivity index (χ1) is 11.8. The van der Waals surface area contributed by atoms with Crippen molar-refractivity contribution < 1.29 is 4.74 Å². The SMILES string of the molecule is CCC=CCCc1ccc(C#Cc2ccc(OCCC)cc2)cc1. The Balaban J connectivity index is 1.91. The summed E-state index contributed by atoms with van der Waals surface area (Å²) in [6.07, 6.45) is 8.79. The lowest BCUT2D eigenvalue weighted by atomic mass is 10.1. The van der Waals surface area contributed by atoms with Crippen LogP contribution in [-0.2, 0) is 6.42 Å². The summed E-state index contributed by atoms with van der Waals surface area (Å²) in [5.41, 5.74) is 3.42. The highest BCUT2D eigenvalue weighted by molar-refractivity contribution is 5.44. The zero-order valence-corrected chi connectivity index (χ0v) is 14.7. The fraction of sp³-hybridized carbons (Fsp3) is 0.304. The predicted molar refractivity (Wildman–Crippen MR) is 102 cm³/mol. The molecule has 24 heavy (non-hydrogen) atoms. The van der Waals surface area contributed by atoms with Crippen molar-refractivity contribution in [2.75, 3.05) is 6.61 Å². The van der Waals surface area contributed by atoms with Crippen LogP contribution in [0, 0.1) is 11.8 Å². The Kier molecular flexibility index (Phi) is 7.71. The highest BCUT2D eigenvalue weighted by Crippen LogP contribution is 2.12. The molecule has 0 saturated heterocycles. The number of aryl methyl sites for hydroxylation is 1. The molecule has 0 radical (unpaired) electrons. The monoisotopic (exact) mass is 318 g/mol. The van der Waals surface area contributed by atoms with Crippen LogP contribution in [0.2, 0.25) is 0 Å². The maximum Gasteiger partial charge on any atom is 0.119 e. The topological polar surface area (TPSA) is 9.23 Å². The second-order valence-electron chi connectivity index (χ2n) is 5.74. The third kappa shape index (κ3) is 6.34. The van der Waals surface area contributed by atoms with Crippen LogP contribution >= 0.6 is 0 Å². The molecule has 0 N–H and O–H groups in total. The average Bonchev–Trinajstić information content (AvgIpc) is 2.64. The number of hydrogen-bond acceptors (Lipinski definition) is 1. The van der Waals surface area contributed by atoms with E-state index in [1.165, 1.54) is 5.56 Å². The highest BCUT2D eigenvalue weighted by atomic mass is 16.5. The van der Waals surface area contributed by atoms with Gasteiger partial charge in [0.15, 0.2) is 0 Å². The molecule has 0 saturated carbocycles. The van der Waals surface area contributed by atoms with E-state index in [2.05, 4.69) is 62.1 Å². The number of benzene rings is 2. The van der Waals surface area contributed by atoms with Gasteiger partial charge in [-0.15, -0.1) is 0 Å². The lowest BCUT2D eigenvalue weighted by Gasteiger charge is -2.03. The molecule has 1 nitrogen and oxygen atoms in total. The van der Waals surface area contributed by atoms with Gasteiger partial charge >= 0.3 is 0 Å². The molecule has 0 amide bonds. The summed E-state index contributed by atoms with van der Waals surface area (Å²) in [6.45, 7) is 5.02. The molecule has 124 valence electrons. The van der Waals surface area contributed by atoms with E-state index in [1.807, 2.05) is 24.3 Å². The van der Waals surface area contributed by atoms with Crippen molar-refractivity contribution in [3.63, 3.8) is 0 Å². The standard InChI is InChI=1S/C23H26O/c1-3-5-6-7-8-20-9-11-21(12-10-20)13-14-22-15-17-23(18-16-22)24-19-4-2/h5-6,9-12,15-18H,3-4,7-8,19H2,1-2H3. The molecule has 0 atom stereocenters. The summed E-state index contributed by atoms with van der Waals surface area (Å²) in [5.74, 6) is 7.34.